The third-order valence-corrected chi connectivity index (χ3v) is 4.63. The summed E-state index contributed by atoms with van der Waals surface area (Å²) in [5, 5.41) is 4.67. The van der Waals surface area contributed by atoms with Gasteiger partial charge in [0.2, 0.25) is 0 Å². The Morgan fingerprint density at radius 1 is 1.17 bits per heavy atom. The molecule has 3 rings (SSSR count). The van der Waals surface area contributed by atoms with Crippen molar-refractivity contribution in [3.05, 3.63) is 53.9 Å². The van der Waals surface area contributed by atoms with Gasteiger partial charge in [0.1, 0.15) is 0 Å². The maximum Gasteiger partial charge on any atom is 0.0764 e. The summed E-state index contributed by atoms with van der Waals surface area (Å²) < 4.78 is 2.03. The molecule has 0 saturated carbocycles. The minimum Gasteiger partial charge on any atom is -0.330 e. The number of rotatable bonds is 5. The Labute approximate surface area is 145 Å². The van der Waals surface area contributed by atoms with Crippen molar-refractivity contribution in [3.63, 3.8) is 0 Å². The average Bonchev–Trinajstić information content (AvgIpc) is 3.15. The van der Waals surface area contributed by atoms with E-state index < -0.39 is 0 Å². The van der Waals surface area contributed by atoms with E-state index in [9.17, 15) is 0 Å². The number of nitrogens with two attached hydrogens (primary N) is 1. The number of aromatic nitrogens is 2. The normalized spacial score (nSPS) is 21.6. The van der Waals surface area contributed by atoms with E-state index >= 15 is 0 Å². The predicted octanol–water partition coefficient (Wildman–Crippen LogP) is 3.06. The molecule has 1 fully saturated rings. The second kappa shape index (κ2) is 7.95. The topological polar surface area (TPSA) is 47.1 Å². The first-order valence-corrected chi connectivity index (χ1v) is 8.18. The Hall–Kier alpha value is -1.36. The van der Waals surface area contributed by atoms with Gasteiger partial charge in [-0.25, -0.2) is 0 Å². The highest BCUT2D eigenvalue weighted by molar-refractivity contribution is 5.85. The average molecular weight is 335 g/mol. The first-order chi connectivity index (χ1) is 10.7. The molecule has 0 unspecified atom stereocenters. The van der Waals surface area contributed by atoms with Gasteiger partial charge in [0.05, 0.1) is 5.69 Å². The van der Waals surface area contributed by atoms with Gasteiger partial charge >= 0.3 is 0 Å². The molecule has 1 aliphatic heterocycles. The van der Waals surface area contributed by atoms with Crippen LogP contribution in [0.25, 0.3) is 0 Å². The van der Waals surface area contributed by atoms with Crippen LogP contribution in [0.2, 0.25) is 0 Å². The van der Waals surface area contributed by atoms with Crippen molar-refractivity contribution >= 4 is 12.4 Å². The van der Waals surface area contributed by atoms with Gasteiger partial charge in [0.15, 0.2) is 0 Å². The number of benzene rings is 1. The lowest BCUT2D eigenvalue weighted by atomic mass is 9.89. The van der Waals surface area contributed by atoms with Crippen LogP contribution in [0.3, 0.4) is 0 Å². The maximum atomic E-state index is 6.01. The minimum absolute atomic E-state index is 0. The largest absolute Gasteiger partial charge is 0.330 e. The van der Waals surface area contributed by atoms with Gasteiger partial charge in [-0.1, -0.05) is 30.3 Å². The fourth-order valence-corrected chi connectivity index (χ4v) is 3.38. The molecule has 0 aliphatic carbocycles. The molecule has 5 heteroatoms. The third kappa shape index (κ3) is 4.14. The van der Waals surface area contributed by atoms with Crippen LogP contribution in [0.15, 0.2) is 42.6 Å². The van der Waals surface area contributed by atoms with Gasteiger partial charge in [0, 0.05) is 37.8 Å². The molecular weight excluding hydrogens is 308 g/mol. The Balaban J connectivity index is 0.00000192. The monoisotopic (exact) mass is 334 g/mol. The summed E-state index contributed by atoms with van der Waals surface area (Å²) in [5.41, 5.74) is 8.58. The highest BCUT2D eigenvalue weighted by atomic mass is 35.5. The lowest BCUT2D eigenvalue weighted by Gasteiger charge is -2.16. The first-order valence-electron chi connectivity index (χ1n) is 8.18. The molecule has 1 saturated heterocycles. The summed E-state index contributed by atoms with van der Waals surface area (Å²) in [6.07, 6.45) is 2.07. The van der Waals surface area contributed by atoms with E-state index in [1.54, 1.807) is 0 Å². The van der Waals surface area contributed by atoms with Crippen molar-refractivity contribution in [2.45, 2.75) is 32.4 Å². The van der Waals surface area contributed by atoms with Crippen LogP contribution in [0.5, 0.6) is 0 Å². The van der Waals surface area contributed by atoms with Crippen LogP contribution in [0.4, 0.5) is 0 Å². The highest BCUT2D eigenvalue weighted by Crippen LogP contribution is 2.32. The Morgan fingerprint density at radius 2 is 1.91 bits per heavy atom. The zero-order valence-corrected chi connectivity index (χ0v) is 14.7. The molecule has 1 aliphatic rings. The first kappa shape index (κ1) is 18.0. The number of hydrogen-bond acceptors (Lipinski definition) is 3. The predicted molar refractivity (Wildman–Crippen MR) is 96.9 cm³/mol. The standard InChI is InChI=1S/C18H26N4.ClH/c1-14(2)22-9-8-17(20-22)12-21-11-16(10-19)18(13-21)15-6-4-3-5-7-15;/h3-9,14,16,18H,10-13,19H2,1-2H3;1H/t16-,18+;/m1./s1. The van der Waals surface area contributed by atoms with Crippen LogP contribution in [-0.4, -0.2) is 34.3 Å². The molecule has 2 atom stereocenters. The van der Waals surface area contributed by atoms with Gasteiger partial charge in [-0.3, -0.25) is 9.58 Å². The van der Waals surface area contributed by atoms with Crippen LogP contribution in [0, 0.1) is 5.92 Å². The Bertz CT molecular complexity index is 596. The summed E-state index contributed by atoms with van der Waals surface area (Å²) >= 11 is 0. The lowest BCUT2D eigenvalue weighted by Crippen LogP contribution is -2.23. The molecule has 0 radical (unpaired) electrons. The zero-order chi connectivity index (χ0) is 15.5. The lowest BCUT2D eigenvalue weighted by molar-refractivity contribution is 0.310. The quantitative estimate of drug-likeness (QED) is 0.914. The van der Waals surface area contributed by atoms with Crippen LogP contribution in [-0.2, 0) is 6.54 Å². The Morgan fingerprint density at radius 3 is 2.52 bits per heavy atom. The van der Waals surface area contributed by atoms with Gasteiger partial charge in [-0.2, -0.15) is 5.10 Å². The Kier molecular flexibility index (Phi) is 6.22. The maximum absolute atomic E-state index is 6.01. The van der Waals surface area contributed by atoms with Gasteiger partial charge in [-0.15, -0.1) is 12.4 Å². The minimum atomic E-state index is 0. The molecule has 2 N–H and O–H groups in total. The molecule has 126 valence electrons. The molecule has 23 heavy (non-hydrogen) atoms. The molecule has 4 nitrogen and oxygen atoms in total. The van der Waals surface area contributed by atoms with Crippen LogP contribution >= 0.6 is 12.4 Å². The summed E-state index contributed by atoms with van der Waals surface area (Å²) in [7, 11) is 0. The van der Waals surface area contributed by atoms with Crippen LogP contribution in [0.1, 0.15) is 37.1 Å². The van der Waals surface area contributed by atoms with E-state index in [0.29, 0.717) is 17.9 Å². The van der Waals surface area contributed by atoms with Crippen molar-refractivity contribution in [3.8, 4) is 0 Å². The number of hydrogen-bond donors (Lipinski definition) is 1. The summed E-state index contributed by atoms with van der Waals surface area (Å²) in [5.74, 6) is 1.08. The van der Waals surface area contributed by atoms with E-state index in [0.717, 1.165) is 31.9 Å². The second-order valence-corrected chi connectivity index (χ2v) is 6.59. The molecule has 0 amide bonds. The van der Waals surface area contributed by atoms with E-state index in [1.165, 1.54) is 5.56 Å². The molecule has 2 aromatic rings. The van der Waals surface area contributed by atoms with Crippen molar-refractivity contribution in [1.82, 2.24) is 14.7 Å². The van der Waals surface area contributed by atoms with Crippen LogP contribution < -0.4 is 5.73 Å². The highest BCUT2D eigenvalue weighted by Gasteiger charge is 2.32. The summed E-state index contributed by atoms with van der Waals surface area (Å²) in [6, 6.07) is 13.3. The second-order valence-electron chi connectivity index (χ2n) is 6.59. The van der Waals surface area contributed by atoms with Gasteiger partial charge < -0.3 is 5.73 Å². The van der Waals surface area contributed by atoms with Crippen molar-refractivity contribution < 1.29 is 0 Å². The van der Waals surface area contributed by atoms with E-state index in [-0.39, 0.29) is 12.4 Å². The number of halogens is 1. The SMILES string of the molecule is CC(C)n1ccc(CN2C[C@@H](CN)[C@H](c3ccccc3)C2)n1.Cl. The van der Waals surface area contributed by atoms with Gasteiger partial charge in [0.25, 0.3) is 0 Å². The van der Waals surface area contributed by atoms with E-state index in [4.69, 9.17) is 5.73 Å². The van der Waals surface area contributed by atoms with Crippen molar-refractivity contribution in [1.29, 1.82) is 0 Å². The summed E-state index contributed by atoms with van der Waals surface area (Å²) in [6.45, 7) is 8.10. The molecule has 0 spiro atoms. The fourth-order valence-electron chi connectivity index (χ4n) is 3.38. The number of likely N-dealkylation sites (tertiary alicyclic amines) is 1. The zero-order valence-electron chi connectivity index (χ0n) is 13.9. The fraction of sp³-hybridized carbons (Fsp3) is 0.500. The molecular formula is C18H27ClN4. The van der Waals surface area contributed by atoms with Crippen molar-refractivity contribution in [2.75, 3.05) is 19.6 Å². The molecule has 1 aromatic heterocycles. The molecule has 0 bridgehead atoms. The summed E-state index contributed by atoms with van der Waals surface area (Å²) in [4.78, 5) is 2.49. The third-order valence-electron chi connectivity index (χ3n) is 4.63. The van der Waals surface area contributed by atoms with E-state index in [2.05, 4.69) is 66.4 Å². The number of nitrogens with zero attached hydrogens (tertiary/aromatic N) is 3. The van der Waals surface area contributed by atoms with Crippen molar-refractivity contribution in [2.24, 2.45) is 11.7 Å². The molecule has 1 aromatic carbocycles. The molecule has 2 heterocycles. The van der Waals surface area contributed by atoms with Gasteiger partial charge in [-0.05, 0) is 37.9 Å². The van der Waals surface area contributed by atoms with E-state index in [1.807, 2.05) is 4.68 Å². The smallest absolute Gasteiger partial charge is 0.0764 e.